The molecule has 4 nitrogen and oxygen atoms in total. The molecule has 0 saturated heterocycles. The number of nitrogens with zero attached hydrogens (tertiary/aromatic N) is 1. The maximum atomic E-state index is 13.3. The van der Waals surface area contributed by atoms with E-state index in [0.29, 0.717) is 4.83 Å². The van der Waals surface area contributed by atoms with Crippen LogP contribution in [0.1, 0.15) is 32.1 Å². The predicted octanol–water partition coefficient (Wildman–Crippen LogP) is 4.21. The number of halogens is 2. The number of nitro benzene ring substituents is 1. The topological polar surface area (TPSA) is 52.4 Å². The molecule has 1 aromatic rings. The molecule has 0 radical (unpaired) electrons. The Balaban J connectivity index is 1.85. The fourth-order valence-corrected chi connectivity index (χ4v) is 4.51. The van der Waals surface area contributed by atoms with E-state index in [0.717, 1.165) is 50.3 Å². The summed E-state index contributed by atoms with van der Waals surface area (Å²) in [4.78, 5) is 10.9. The van der Waals surface area contributed by atoms with E-state index < -0.39 is 10.7 Å². The van der Waals surface area contributed by atoms with Gasteiger partial charge < -0.3 is 4.74 Å². The Morgan fingerprint density at radius 2 is 2.10 bits per heavy atom. The molecule has 0 aromatic heterocycles. The van der Waals surface area contributed by atoms with E-state index in [1.165, 1.54) is 0 Å². The zero-order valence-electron chi connectivity index (χ0n) is 10.9. The highest BCUT2D eigenvalue weighted by atomic mass is 79.9. The van der Waals surface area contributed by atoms with E-state index >= 15 is 0 Å². The molecule has 0 aliphatic heterocycles. The van der Waals surface area contributed by atoms with Crippen LogP contribution in [0.25, 0.3) is 0 Å². The highest BCUT2D eigenvalue weighted by Crippen LogP contribution is 2.58. The lowest BCUT2D eigenvalue weighted by molar-refractivity contribution is -0.386. The first-order valence-corrected chi connectivity index (χ1v) is 7.69. The number of hydrogen-bond acceptors (Lipinski definition) is 3. The van der Waals surface area contributed by atoms with Crippen molar-refractivity contribution in [3.63, 3.8) is 0 Å². The Morgan fingerprint density at radius 3 is 2.70 bits per heavy atom. The molecular formula is C14H15BrFNO3. The van der Waals surface area contributed by atoms with Gasteiger partial charge in [0.1, 0.15) is 11.9 Å². The second-order valence-corrected chi connectivity index (χ2v) is 6.72. The van der Waals surface area contributed by atoms with Gasteiger partial charge in [-0.25, -0.2) is 4.39 Å². The van der Waals surface area contributed by atoms with E-state index in [1.54, 1.807) is 0 Å². The van der Waals surface area contributed by atoms with Gasteiger partial charge in [0.25, 0.3) is 0 Å². The van der Waals surface area contributed by atoms with Gasteiger partial charge in [-0.15, -0.1) is 0 Å². The van der Waals surface area contributed by atoms with Crippen LogP contribution in [0.2, 0.25) is 0 Å². The number of ether oxygens (including phenoxy) is 1. The molecule has 2 aliphatic carbocycles. The van der Waals surface area contributed by atoms with Gasteiger partial charge in [-0.3, -0.25) is 10.1 Å². The monoisotopic (exact) mass is 343 g/mol. The molecule has 2 fully saturated rings. The third kappa shape index (κ3) is 2.10. The van der Waals surface area contributed by atoms with Crippen molar-refractivity contribution < 1.29 is 14.1 Å². The predicted molar refractivity (Wildman–Crippen MR) is 75.7 cm³/mol. The van der Waals surface area contributed by atoms with Gasteiger partial charge in [0.2, 0.25) is 0 Å². The molecule has 2 atom stereocenters. The first kappa shape index (κ1) is 13.8. The summed E-state index contributed by atoms with van der Waals surface area (Å²) in [5.41, 5.74) is -0.0993. The van der Waals surface area contributed by atoms with Gasteiger partial charge in [-0.05, 0) is 25.3 Å². The van der Waals surface area contributed by atoms with Crippen molar-refractivity contribution in [3.8, 4) is 5.75 Å². The van der Waals surface area contributed by atoms with E-state index in [4.69, 9.17) is 4.74 Å². The van der Waals surface area contributed by atoms with Crippen LogP contribution in [0.5, 0.6) is 5.75 Å². The maximum absolute atomic E-state index is 13.3. The standard InChI is InChI=1S/C14H15BrFNO3/c15-12-8-13(14(12)5-1-2-6-14)20-11-7-9(16)3-4-10(11)17(18)19/h3-4,7,12-13H,1-2,5-6,8H2. The molecule has 0 bridgehead atoms. The maximum Gasteiger partial charge on any atom is 0.311 e. The van der Waals surface area contributed by atoms with Gasteiger partial charge in [0, 0.05) is 22.4 Å². The highest BCUT2D eigenvalue weighted by molar-refractivity contribution is 9.09. The average molecular weight is 344 g/mol. The summed E-state index contributed by atoms with van der Waals surface area (Å²) in [6.07, 6.45) is 5.21. The number of rotatable bonds is 3. The van der Waals surface area contributed by atoms with Crippen LogP contribution in [0.4, 0.5) is 10.1 Å². The van der Waals surface area contributed by atoms with Crippen molar-refractivity contribution in [2.45, 2.75) is 43.0 Å². The van der Waals surface area contributed by atoms with Crippen LogP contribution in [0.3, 0.4) is 0 Å². The summed E-state index contributed by atoms with van der Waals surface area (Å²) in [5, 5.41) is 11.0. The summed E-state index contributed by atoms with van der Waals surface area (Å²) in [5.74, 6) is -0.466. The Morgan fingerprint density at radius 1 is 1.40 bits per heavy atom. The van der Waals surface area contributed by atoms with Crippen molar-refractivity contribution in [2.24, 2.45) is 5.41 Å². The van der Waals surface area contributed by atoms with Gasteiger partial charge in [-0.2, -0.15) is 0 Å². The Bertz CT molecular complexity index is 545. The lowest BCUT2D eigenvalue weighted by Gasteiger charge is -2.51. The first-order valence-electron chi connectivity index (χ1n) is 6.77. The second-order valence-electron chi connectivity index (χ2n) is 5.62. The number of alkyl halides is 1. The Kier molecular flexibility index (Phi) is 3.44. The fraction of sp³-hybridized carbons (Fsp3) is 0.571. The number of benzene rings is 1. The minimum Gasteiger partial charge on any atom is -0.483 e. The summed E-state index contributed by atoms with van der Waals surface area (Å²) >= 11 is 3.67. The zero-order valence-corrected chi connectivity index (χ0v) is 12.4. The highest BCUT2D eigenvalue weighted by Gasteiger charge is 2.56. The molecule has 0 amide bonds. The van der Waals surface area contributed by atoms with Crippen LogP contribution in [-0.2, 0) is 0 Å². The van der Waals surface area contributed by atoms with Gasteiger partial charge in [-0.1, -0.05) is 28.8 Å². The summed E-state index contributed by atoms with van der Waals surface area (Å²) in [6.45, 7) is 0. The minimum atomic E-state index is -0.527. The van der Waals surface area contributed by atoms with Gasteiger partial charge in [0.15, 0.2) is 5.75 Å². The quantitative estimate of drug-likeness (QED) is 0.469. The van der Waals surface area contributed by atoms with E-state index in [9.17, 15) is 14.5 Å². The van der Waals surface area contributed by atoms with Crippen LogP contribution < -0.4 is 4.74 Å². The average Bonchev–Trinajstić information content (AvgIpc) is 2.90. The smallest absolute Gasteiger partial charge is 0.311 e. The van der Waals surface area contributed by atoms with Crippen LogP contribution >= 0.6 is 15.9 Å². The summed E-state index contributed by atoms with van der Waals surface area (Å²) in [7, 11) is 0. The molecule has 1 spiro atoms. The molecule has 2 saturated carbocycles. The lowest BCUT2D eigenvalue weighted by Crippen LogP contribution is -2.55. The van der Waals surface area contributed by atoms with Crippen LogP contribution in [0, 0.1) is 21.3 Å². The van der Waals surface area contributed by atoms with Crippen LogP contribution in [0.15, 0.2) is 18.2 Å². The first-order chi connectivity index (χ1) is 9.53. The van der Waals surface area contributed by atoms with Crippen molar-refractivity contribution in [1.29, 1.82) is 0 Å². The number of nitro groups is 1. The van der Waals surface area contributed by atoms with Crippen molar-refractivity contribution in [3.05, 3.63) is 34.1 Å². The normalized spacial score (nSPS) is 27.3. The molecule has 3 rings (SSSR count). The molecule has 1 aromatic carbocycles. The SMILES string of the molecule is O=[N+]([O-])c1ccc(F)cc1OC1CC(Br)C12CCCC2. The molecule has 0 heterocycles. The largest absolute Gasteiger partial charge is 0.483 e. The molecule has 20 heavy (non-hydrogen) atoms. The third-order valence-corrected chi connectivity index (χ3v) is 5.89. The van der Waals surface area contributed by atoms with E-state index in [2.05, 4.69) is 15.9 Å². The van der Waals surface area contributed by atoms with Gasteiger partial charge in [0.05, 0.1) is 4.92 Å². The molecule has 2 unspecified atom stereocenters. The van der Waals surface area contributed by atoms with Gasteiger partial charge >= 0.3 is 5.69 Å². The lowest BCUT2D eigenvalue weighted by atomic mass is 9.64. The summed E-state index contributed by atoms with van der Waals surface area (Å²) in [6, 6.07) is 3.36. The van der Waals surface area contributed by atoms with E-state index in [-0.39, 0.29) is 23.0 Å². The summed E-state index contributed by atoms with van der Waals surface area (Å²) < 4.78 is 19.1. The second kappa shape index (κ2) is 4.98. The van der Waals surface area contributed by atoms with Crippen molar-refractivity contribution in [2.75, 3.05) is 0 Å². The fourth-order valence-electron chi connectivity index (χ4n) is 3.42. The Hall–Kier alpha value is -1.17. The van der Waals surface area contributed by atoms with E-state index in [1.807, 2.05) is 0 Å². The molecular weight excluding hydrogens is 329 g/mol. The number of hydrogen-bond donors (Lipinski definition) is 0. The molecule has 0 N–H and O–H groups in total. The Labute approximate surface area is 124 Å². The van der Waals surface area contributed by atoms with Crippen molar-refractivity contribution >= 4 is 21.6 Å². The molecule has 108 valence electrons. The third-order valence-electron chi connectivity index (χ3n) is 4.61. The zero-order chi connectivity index (χ0) is 14.3. The molecule has 2 aliphatic rings. The van der Waals surface area contributed by atoms with Crippen LogP contribution in [-0.4, -0.2) is 15.9 Å². The minimum absolute atomic E-state index is 0.0469. The molecule has 6 heteroatoms. The van der Waals surface area contributed by atoms with Crippen molar-refractivity contribution in [1.82, 2.24) is 0 Å².